The maximum Gasteiger partial charge on any atom is 0.260 e. The number of hydrogen-bond donors (Lipinski definition) is 0. The molecule has 0 unspecified atom stereocenters. The van der Waals surface area contributed by atoms with E-state index >= 15 is 0 Å². The molecule has 0 saturated heterocycles. The third-order valence-electron chi connectivity index (χ3n) is 5.86. The molecule has 0 aliphatic rings. The molecule has 0 saturated carbocycles. The predicted molar refractivity (Wildman–Crippen MR) is 141 cm³/mol. The zero-order valence-electron chi connectivity index (χ0n) is 19.8. The number of carbonyl (C=O) groups excluding carboxylic acids is 1. The Hall–Kier alpha value is -2.15. The smallest absolute Gasteiger partial charge is 0.260 e. The van der Waals surface area contributed by atoms with Gasteiger partial charge < -0.3 is 9.80 Å². The molecule has 3 rings (SSSR count). The number of aromatic nitrogens is 1. The van der Waals surface area contributed by atoms with E-state index in [1.54, 1.807) is 11.3 Å². The summed E-state index contributed by atoms with van der Waals surface area (Å²) in [4.78, 5) is 24.9. The van der Waals surface area contributed by atoms with Crippen LogP contribution in [0.25, 0.3) is 10.2 Å². The molecule has 3 aromatic rings. The average Bonchev–Trinajstić information content (AvgIpc) is 3.23. The number of anilines is 2. The summed E-state index contributed by atoms with van der Waals surface area (Å²) in [7, 11) is 0. The molecule has 1 aromatic heterocycles. The van der Waals surface area contributed by atoms with Crippen LogP contribution >= 0.6 is 23.7 Å². The number of amides is 1. The number of hydrogen-bond acceptors (Lipinski definition) is 5. The monoisotopic (exact) mass is 474 g/mol. The zero-order valence-corrected chi connectivity index (χ0v) is 21.4. The van der Waals surface area contributed by atoms with E-state index < -0.39 is 0 Å². The highest BCUT2D eigenvalue weighted by Gasteiger charge is 2.22. The topological polar surface area (TPSA) is 39.7 Å². The highest BCUT2D eigenvalue weighted by molar-refractivity contribution is 7.22. The second kappa shape index (κ2) is 12.2. The van der Waals surface area contributed by atoms with Crippen LogP contribution in [0, 0.1) is 6.92 Å². The summed E-state index contributed by atoms with van der Waals surface area (Å²) in [6.45, 7) is 16.0. The van der Waals surface area contributed by atoms with E-state index in [-0.39, 0.29) is 18.3 Å². The van der Waals surface area contributed by atoms with Crippen LogP contribution in [-0.4, -0.2) is 55.1 Å². The van der Waals surface area contributed by atoms with Crippen molar-refractivity contribution in [2.75, 3.05) is 49.1 Å². The van der Waals surface area contributed by atoms with E-state index in [0.717, 1.165) is 59.3 Å². The maximum absolute atomic E-state index is 13.6. The Morgan fingerprint density at radius 1 is 0.906 bits per heavy atom. The average molecular weight is 475 g/mol. The number of thiazole rings is 1. The fraction of sp³-hybridized carbons (Fsp3) is 0.440. The molecular weight excluding hydrogens is 440 g/mol. The molecule has 0 aliphatic carbocycles. The van der Waals surface area contributed by atoms with Gasteiger partial charge in [-0.2, -0.15) is 0 Å². The van der Waals surface area contributed by atoms with Crippen molar-refractivity contribution in [3.8, 4) is 0 Å². The summed E-state index contributed by atoms with van der Waals surface area (Å²) >= 11 is 1.59. The van der Waals surface area contributed by atoms with Crippen LogP contribution in [0.15, 0.2) is 42.5 Å². The Kier molecular flexibility index (Phi) is 9.94. The van der Waals surface area contributed by atoms with Gasteiger partial charge in [0, 0.05) is 37.4 Å². The number of likely N-dealkylation sites (N-methyl/N-ethyl adjacent to an activating group) is 1. The van der Waals surface area contributed by atoms with Gasteiger partial charge in [-0.15, -0.1) is 12.4 Å². The molecule has 0 spiro atoms. The lowest BCUT2D eigenvalue weighted by atomic mass is 10.1. The van der Waals surface area contributed by atoms with Gasteiger partial charge in [-0.1, -0.05) is 37.3 Å². The molecule has 1 amide bonds. The Bertz CT molecular complexity index is 997. The number of rotatable bonds is 10. The molecule has 0 aliphatic heterocycles. The number of carbonyl (C=O) groups is 1. The summed E-state index contributed by atoms with van der Waals surface area (Å²) in [6.07, 6.45) is 0. The Morgan fingerprint density at radius 2 is 1.56 bits per heavy atom. The summed E-state index contributed by atoms with van der Waals surface area (Å²) in [5.41, 5.74) is 3.97. The minimum absolute atomic E-state index is 0. The summed E-state index contributed by atoms with van der Waals surface area (Å²) in [6, 6.07) is 14.2. The van der Waals surface area contributed by atoms with Crippen LogP contribution in [0.2, 0.25) is 0 Å². The van der Waals surface area contributed by atoms with E-state index in [1.807, 2.05) is 35.2 Å². The largest absolute Gasteiger partial charge is 0.372 e. The molecule has 0 N–H and O–H groups in total. The molecular formula is C25H35ClN4OS. The van der Waals surface area contributed by atoms with E-state index in [9.17, 15) is 4.79 Å². The lowest BCUT2D eigenvalue weighted by Crippen LogP contribution is -2.38. The first-order valence-corrected chi connectivity index (χ1v) is 12.1. The molecule has 0 radical (unpaired) electrons. The Morgan fingerprint density at radius 3 is 2.12 bits per heavy atom. The number of nitrogens with zero attached hydrogens (tertiary/aromatic N) is 4. The number of benzene rings is 2. The van der Waals surface area contributed by atoms with Crippen LogP contribution in [-0.2, 0) is 0 Å². The third kappa shape index (κ3) is 5.80. The summed E-state index contributed by atoms with van der Waals surface area (Å²) in [5, 5.41) is 0.772. The van der Waals surface area contributed by atoms with Crippen LogP contribution in [0.3, 0.4) is 0 Å². The van der Waals surface area contributed by atoms with Crippen molar-refractivity contribution >= 4 is 50.7 Å². The van der Waals surface area contributed by atoms with Crippen LogP contribution in [0.1, 0.15) is 43.6 Å². The van der Waals surface area contributed by atoms with Gasteiger partial charge in [0.2, 0.25) is 0 Å². The van der Waals surface area contributed by atoms with Gasteiger partial charge in [0.05, 0.1) is 10.2 Å². The molecule has 0 fully saturated rings. The van der Waals surface area contributed by atoms with Crippen LogP contribution in [0.4, 0.5) is 10.8 Å². The second-order valence-corrected chi connectivity index (χ2v) is 8.63. The minimum atomic E-state index is 0. The lowest BCUT2D eigenvalue weighted by molar-refractivity contribution is 0.0984. The fourth-order valence-electron chi connectivity index (χ4n) is 3.81. The second-order valence-electron chi connectivity index (χ2n) is 7.62. The van der Waals surface area contributed by atoms with Crippen molar-refractivity contribution in [2.45, 2.75) is 34.6 Å². The van der Waals surface area contributed by atoms with Gasteiger partial charge in [0.15, 0.2) is 5.13 Å². The van der Waals surface area contributed by atoms with Crippen molar-refractivity contribution in [1.82, 2.24) is 9.88 Å². The van der Waals surface area contributed by atoms with E-state index in [0.29, 0.717) is 12.1 Å². The normalized spacial score (nSPS) is 10.9. The van der Waals surface area contributed by atoms with Crippen molar-refractivity contribution < 1.29 is 4.79 Å². The van der Waals surface area contributed by atoms with Gasteiger partial charge in [-0.05, 0) is 69.8 Å². The molecule has 5 nitrogen and oxygen atoms in total. The first kappa shape index (κ1) is 26.1. The number of halogens is 1. The maximum atomic E-state index is 13.6. The van der Waals surface area contributed by atoms with Crippen LogP contribution < -0.4 is 9.80 Å². The van der Waals surface area contributed by atoms with E-state index in [2.05, 4.69) is 56.6 Å². The van der Waals surface area contributed by atoms with Crippen molar-refractivity contribution in [3.05, 3.63) is 53.6 Å². The summed E-state index contributed by atoms with van der Waals surface area (Å²) < 4.78 is 1.12. The minimum Gasteiger partial charge on any atom is -0.372 e. The number of para-hydroxylation sites is 1. The van der Waals surface area contributed by atoms with Crippen molar-refractivity contribution in [2.24, 2.45) is 0 Å². The number of aryl methyl sites for hydroxylation is 1. The fourth-order valence-corrected chi connectivity index (χ4v) is 4.88. The molecule has 7 heteroatoms. The number of fused-ring (bicyclic) bond motifs is 1. The SMILES string of the molecule is CCN(CC)CCN(C(=O)c1ccc(N(CC)CC)cc1)c1nc2c(C)cccc2s1.Cl. The molecule has 2 aromatic carbocycles. The molecule has 32 heavy (non-hydrogen) atoms. The van der Waals surface area contributed by atoms with E-state index in [1.165, 1.54) is 0 Å². The quantitative estimate of drug-likeness (QED) is 0.369. The lowest BCUT2D eigenvalue weighted by Gasteiger charge is -2.25. The van der Waals surface area contributed by atoms with Gasteiger partial charge >= 0.3 is 0 Å². The van der Waals surface area contributed by atoms with Gasteiger partial charge in [0.25, 0.3) is 5.91 Å². The molecule has 0 bridgehead atoms. The predicted octanol–water partition coefficient (Wildman–Crippen LogP) is 5.86. The van der Waals surface area contributed by atoms with Crippen molar-refractivity contribution in [1.29, 1.82) is 0 Å². The first-order chi connectivity index (χ1) is 15.0. The standard InChI is InChI=1S/C25H34N4OS.ClH/c1-6-27(7-2)17-18-29(25-26-23-19(5)11-10-12-22(23)31-25)24(30)20-13-15-21(16-14-20)28(8-3)9-4;/h10-16H,6-9,17-18H2,1-5H3;1H. The highest BCUT2D eigenvalue weighted by Crippen LogP contribution is 2.31. The highest BCUT2D eigenvalue weighted by atomic mass is 35.5. The summed E-state index contributed by atoms with van der Waals surface area (Å²) in [5.74, 6) is 0.00922. The van der Waals surface area contributed by atoms with E-state index in [4.69, 9.17) is 4.98 Å². The molecule has 174 valence electrons. The molecule has 1 heterocycles. The zero-order chi connectivity index (χ0) is 22.4. The Labute approximate surface area is 202 Å². The van der Waals surface area contributed by atoms with Crippen LogP contribution in [0.5, 0.6) is 0 Å². The molecule has 0 atom stereocenters. The third-order valence-corrected chi connectivity index (χ3v) is 6.91. The first-order valence-electron chi connectivity index (χ1n) is 11.3. The van der Waals surface area contributed by atoms with Gasteiger partial charge in [-0.3, -0.25) is 9.69 Å². The van der Waals surface area contributed by atoms with Gasteiger partial charge in [-0.25, -0.2) is 4.98 Å². The van der Waals surface area contributed by atoms with Gasteiger partial charge in [0.1, 0.15) is 0 Å². The van der Waals surface area contributed by atoms with Crippen molar-refractivity contribution in [3.63, 3.8) is 0 Å². The Balaban J connectivity index is 0.00000363.